The second-order valence-electron chi connectivity index (χ2n) is 5.80. The van der Waals surface area contributed by atoms with Crippen molar-refractivity contribution in [2.24, 2.45) is 5.92 Å². The van der Waals surface area contributed by atoms with Crippen molar-refractivity contribution in [3.05, 3.63) is 28.8 Å². The number of benzene rings is 1. The minimum Gasteiger partial charge on any atom is -0.496 e. The van der Waals surface area contributed by atoms with Gasteiger partial charge in [-0.2, -0.15) is 0 Å². The van der Waals surface area contributed by atoms with Crippen molar-refractivity contribution in [1.82, 2.24) is 0 Å². The number of aryl methyl sites for hydroxylation is 1. The third-order valence-corrected chi connectivity index (χ3v) is 4.42. The van der Waals surface area contributed by atoms with Gasteiger partial charge in [0.15, 0.2) is 0 Å². The normalized spacial score (nSPS) is 23.2. The van der Waals surface area contributed by atoms with Crippen molar-refractivity contribution in [2.45, 2.75) is 52.2 Å². The smallest absolute Gasteiger partial charge is 0.127 e. The van der Waals surface area contributed by atoms with E-state index in [-0.39, 0.29) is 0 Å². The van der Waals surface area contributed by atoms with Gasteiger partial charge >= 0.3 is 0 Å². The van der Waals surface area contributed by atoms with Crippen LogP contribution in [0.25, 0.3) is 0 Å². The molecule has 0 aromatic heterocycles. The molecule has 0 spiro atoms. The molecule has 0 saturated heterocycles. The largest absolute Gasteiger partial charge is 0.496 e. The Balaban J connectivity index is 2.00. The zero-order chi connectivity index (χ0) is 14.7. The van der Waals surface area contributed by atoms with Crippen LogP contribution >= 0.6 is 0 Å². The van der Waals surface area contributed by atoms with Gasteiger partial charge in [0.2, 0.25) is 0 Å². The lowest BCUT2D eigenvalue weighted by Crippen LogP contribution is -2.32. The predicted molar refractivity (Wildman–Crippen MR) is 80.2 cm³/mol. The van der Waals surface area contributed by atoms with Gasteiger partial charge in [0.05, 0.1) is 19.3 Å². The summed E-state index contributed by atoms with van der Waals surface area (Å²) in [4.78, 5) is 0. The van der Waals surface area contributed by atoms with E-state index < -0.39 is 6.10 Å². The molecule has 1 aromatic rings. The lowest BCUT2D eigenvalue weighted by atomic mass is 9.77. The average molecular weight is 278 g/mol. The molecule has 0 aliphatic heterocycles. The number of hydrogen-bond acceptors (Lipinski definition) is 3. The number of ether oxygens (including phenoxy) is 2. The SMILES string of the molecule is CCOC1CC(CC(O)c2ccc(C)c(C)c2OC)C1. The van der Waals surface area contributed by atoms with Crippen LogP contribution in [-0.4, -0.2) is 24.9 Å². The minimum absolute atomic E-state index is 0.402. The summed E-state index contributed by atoms with van der Waals surface area (Å²) in [5.41, 5.74) is 3.22. The maximum Gasteiger partial charge on any atom is 0.127 e. The Morgan fingerprint density at radius 1 is 1.30 bits per heavy atom. The molecule has 112 valence electrons. The van der Waals surface area contributed by atoms with Crippen molar-refractivity contribution >= 4 is 0 Å². The highest BCUT2D eigenvalue weighted by atomic mass is 16.5. The van der Waals surface area contributed by atoms with E-state index in [0.29, 0.717) is 12.0 Å². The molecule has 1 saturated carbocycles. The molecule has 1 aliphatic rings. The number of aliphatic hydroxyl groups excluding tert-OH is 1. The van der Waals surface area contributed by atoms with E-state index >= 15 is 0 Å². The van der Waals surface area contributed by atoms with E-state index in [1.165, 1.54) is 5.56 Å². The Kier molecular flexibility index (Phi) is 5.06. The Hall–Kier alpha value is -1.06. The molecule has 20 heavy (non-hydrogen) atoms. The third-order valence-electron chi connectivity index (χ3n) is 4.42. The van der Waals surface area contributed by atoms with Crippen LogP contribution in [0.2, 0.25) is 0 Å². The fraction of sp³-hybridized carbons (Fsp3) is 0.647. The first-order valence-corrected chi connectivity index (χ1v) is 7.50. The molecule has 0 radical (unpaired) electrons. The zero-order valence-electron chi connectivity index (χ0n) is 13.0. The molecule has 0 heterocycles. The fourth-order valence-electron chi connectivity index (χ4n) is 3.03. The highest BCUT2D eigenvalue weighted by molar-refractivity contribution is 5.46. The third kappa shape index (κ3) is 3.15. The van der Waals surface area contributed by atoms with E-state index in [2.05, 4.69) is 13.0 Å². The fourth-order valence-corrected chi connectivity index (χ4v) is 3.03. The van der Waals surface area contributed by atoms with Gasteiger partial charge in [-0.05, 0) is 57.1 Å². The number of aliphatic hydroxyl groups is 1. The molecule has 1 unspecified atom stereocenters. The van der Waals surface area contributed by atoms with Crippen LogP contribution in [0, 0.1) is 19.8 Å². The van der Waals surface area contributed by atoms with E-state index in [0.717, 1.165) is 42.7 Å². The predicted octanol–water partition coefficient (Wildman–Crippen LogP) is 3.55. The first kappa shape index (κ1) is 15.3. The quantitative estimate of drug-likeness (QED) is 0.865. The molecule has 0 amide bonds. The van der Waals surface area contributed by atoms with Gasteiger partial charge in [-0.15, -0.1) is 0 Å². The lowest BCUT2D eigenvalue weighted by Gasteiger charge is -2.36. The van der Waals surface area contributed by atoms with Crippen LogP contribution in [0.3, 0.4) is 0 Å². The summed E-state index contributed by atoms with van der Waals surface area (Å²) in [7, 11) is 1.67. The Morgan fingerprint density at radius 3 is 2.60 bits per heavy atom. The van der Waals surface area contributed by atoms with Gasteiger partial charge in [-0.25, -0.2) is 0 Å². The maximum atomic E-state index is 10.5. The maximum absolute atomic E-state index is 10.5. The summed E-state index contributed by atoms with van der Waals surface area (Å²) < 4.78 is 11.1. The summed E-state index contributed by atoms with van der Waals surface area (Å²) >= 11 is 0. The van der Waals surface area contributed by atoms with Crippen LogP contribution in [0.15, 0.2) is 12.1 Å². The molecule has 1 fully saturated rings. The molecule has 1 aliphatic carbocycles. The van der Waals surface area contributed by atoms with Crippen molar-refractivity contribution in [2.75, 3.05) is 13.7 Å². The summed E-state index contributed by atoms with van der Waals surface area (Å²) in [6.07, 6.45) is 2.88. The van der Waals surface area contributed by atoms with E-state index in [4.69, 9.17) is 9.47 Å². The Morgan fingerprint density at radius 2 is 2.00 bits per heavy atom. The molecule has 3 heteroatoms. The Bertz CT molecular complexity index is 450. The topological polar surface area (TPSA) is 38.7 Å². The van der Waals surface area contributed by atoms with Crippen molar-refractivity contribution < 1.29 is 14.6 Å². The second-order valence-corrected chi connectivity index (χ2v) is 5.80. The molecular weight excluding hydrogens is 252 g/mol. The first-order chi connectivity index (χ1) is 9.56. The molecule has 3 nitrogen and oxygen atoms in total. The summed E-state index contributed by atoms with van der Waals surface area (Å²) in [5.74, 6) is 1.39. The lowest BCUT2D eigenvalue weighted by molar-refractivity contribution is -0.0381. The van der Waals surface area contributed by atoms with Crippen LogP contribution < -0.4 is 4.74 Å². The van der Waals surface area contributed by atoms with E-state index in [1.54, 1.807) is 7.11 Å². The van der Waals surface area contributed by atoms with E-state index in [9.17, 15) is 5.11 Å². The molecular formula is C17H26O3. The number of rotatable bonds is 6. The van der Waals surface area contributed by atoms with Gasteiger partial charge in [-0.1, -0.05) is 12.1 Å². The highest BCUT2D eigenvalue weighted by Gasteiger charge is 2.32. The van der Waals surface area contributed by atoms with Crippen LogP contribution in [0.4, 0.5) is 0 Å². The van der Waals surface area contributed by atoms with Crippen LogP contribution in [0.5, 0.6) is 5.75 Å². The van der Waals surface area contributed by atoms with Gasteiger partial charge in [0.25, 0.3) is 0 Å². The van der Waals surface area contributed by atoms with Crippen molar-refractivity contribution in [3.63, 3.8) is 0 Å². The summed E-state index contributed by atoms with van der Waals surface area (Å²) in [6.45, 7) is 6.92. The molecule has 1 atom stereocenters. The monoisotopic (exact) mass is 278 g/mol. The van der Waals surface area contributed by atoms with Gasteiger partial charge in [0, 0.05) is 12.2 Å². The second kappa shape index (κ2) is 6.59. The minimum atomic E-state index is -0.447. The van der Waals surface area contributed by atoms with Crippen LogP contribution in [0.1, 0.15) is 49.0 Å². The summed E-state index contributed by atoms with van der Waals surface area (Å²) in [5, 5.41) is 10.5. The molecule has 1 N–H and O–H groups in total. The first-order valence-electron chi connectivity index (χ1n) is 7.50. The molecule has 0 bridgehead atoms. The van der Waals surface area contributed by atoms with Gasteiger partial charge in [-0.3, -0.25) is 0 Å². The molecule has 2 rings (SSSR count). The molecule has 1 aromatic carbocycles. The average Bonchev–Trinajstić information content (AvgIpc) is 2.39. The van der Waals surface area contributed by atoms with Gasteiger partial charge < -0.3 is 14.6 Å². The highest BCUT2D eigenvalue weighted by Crippen LogP contribution is 2.39. The zero-order valence-corrected chi connectivity index (χ0v) is 13.0. The number of methoxy groups -OCH3 is 1. The summed E-state index contributed by atoms with van der Waals surface area (Å²) in [6, 6.07) is 4.05. The van der Waals surface area contributed by atoms with Gasteiger partial charge in [0.1, 0.15) is 5.75 Å². The number of hydrogen-bond donors (Lipinski definition) is 1. The Labute approximate surface area is 121 Å². The van der Waals surface area contributed by atoms with E-state index in [1.807, 2.05) is 19.9 Å². The standard InChI is InChI=1S/C17H26O3/c1-5-20-14-8-13(9-14)10-16(18)15-7-6-11(2)12(3)17(15)19-4/h6-7,13-14,16,18H,5,8-10H2,1-4H3. The van der Waals surface area contributed by atoms with Crippen molar-refractivity contribution in [3.8, 4) is 5.75 Å². The van der Waals surface area contributed by atoms with Crippen LogP contribution in [-0.2, 0) is 4.74 Å². The van der Waals surface area contributed by atoms with Crippen molar-refractivity contribution in [1.29, 1.82) is 0 Å².